The average Bonchev–Trinajstić information content (AvgIpc) is 3.45. The lowest BCUT2D eigenvalue weighted by Gasteiger charge is -2.18. The predicted molar refractivity (Wildman–Crippen MR) is 145 cm³/mol. The second kappa shape index (κ2) is 10.9. The number of unbranched alkanes of at least 4 members (excludes halogenated alkanes) is 2. The van der Waals surface area contributed by atoms with Gasteiger partial charge in [-0.25, -0.2) is 0 Å². The van der Waals surface area contributed by atoms with Crippen LogP contribution in [0.15, 0.2) is 51.3 Å². The normalized spacial score (nSPS) is 16.5. The molecule has 4 nitrogen and oxygen atoms in total. The highest BCUT2D eigenvalue weighted by Gasteiger charge is 2.19. The van der Waals surface area contributed by atoms with Gasteiger partial charge in [0, 0.05) is 31.3 Å². The van der Waals surface area contributed by atoms with E-state index < -0.39 is 0 Å². The Morgan fingerprint density at radius 2 is 1.85 bits per heavy atom. The maximum Gasteiger partial charge on any atom is 0.269 e. The highest BCUT2D eigenvalue weighted by atomic mass is 32.2. The molecule has 174 valence electrons. The van der Waals surface area contributed by atoms with Gasteiger partial charge in [0.05, 0.1) is 15.6 Å². The Kier molecular flexibility index (Phi) is 7.94. The molecule has 0 saturated heterocycles. The molecule has 1 aliphatic heterocycles. The van der Waals surface area contributed by atoms with Crippen LogP contribution in [0.25, 0.3) is 22.4 Å². The van der Waals surface area contributed by atoms with E-state index in [0.717, 1.165) is 22.3 Å². The number of nitrogens with zero attached hydrogens (tertiary/aromatic N) is 3. The van der Waals surface area contributed by atoms with Crippen molar-refractivity contribution in [1.29, 1.82) is 0 Å². The van der Waals surface area contributed by atoms with Gasteiger partial charge < -0.3 is 4.90 Å². The lowest BCUT2D eigenvalue weighted by Crippen LogP contribution is -2.36. The molecule has 0 radical (unpaired) electrons. The van der Waals surface area contributed by atoms with Gasteiger partial charge in [0.15, 0.2) is 6.54 Å². The number of hydrogen-bond acceptors (Lipinski definition) is 5. The Morgan fingerprint density at radius 3 is 2.61 bits per heavy atom. The molecule has 0 atom stereocenters. The summed E-state index contributed by atoms with van der Waals surface area (Å²) in [6, 6.07) is 8.61. The van der Waals surface area contributed by atoms with Crippen molar-refractivity contribution in [3.8, 4) is 0 Å². The molecular formula is C26H32N3OS3+. The van der Waals surface area contributed by atoms with Crippen molar-refractivity contribution in [3.05, 3.63) is 71.0 Å². The predicted octanol–water partition coefficient (Wildman–Crippen LogP) is 5.00. The van der Waals surface area contributed by atoms with Gasteiger partial charge in [0.25, 0.3) is 10.6 Å². The van der Waals surface area contributed by atoms with Crippen molar-refractivity contribution < 1.29 is 4.57 Å². The minimum absolute atomic E-state index is 0.0972. The molecule has 1 aliphatic rings. The molecule has 0 saturated carbocycles. The van der Waals surface area contributed by atoms with Gasteiger partial charge in [0.1, 0.15) is 9.36 Å². The van der Waals surface area contributed by atoms with Gasteiger partial charge in [-0.15, -0.1) is 11.3 Å². The van der Waals surface area contributed by atoms with E-state index in [1.165, 1.54) is 45.2 Å². The van der Waals surface area contributed by atoms with Crippen LogP contribution in [-0.2, 0) is 13.1 Å². The number of aromatic nitrogens is 2. The Hall–Kier alpha value is -2.09. The van der Waals surface area contributed by atoms with E-state index >= 15 is 0 Å². The molecule has 0 spiro atoms. The van der Waals surface area contributed by atoms with E-state index in [4.69, 9.17) is 0 Å². The maximum atomic E-state index is 13.2. The summed E-state index contributed by atoms with van der Waals surface area (Å²) >= 11 is 5.12. The zero-order valence-corrected chi connectivity index (χ0v) is 22.3. The number of fused-ring (bicyclic) bond motifs is 1. The van der Waals surface area contributed by atoms with Crippen LogP contribution in [0.2, 0.25) is 0 Å². The summed E-state index contributed by atoms with van der Waals surface area (Å²) in [6.45, 7) is 11.2. The molecule has 2 aromatic heterocycles. The lowest BCUT2D eigenvalue weighted by atomic mass is 10.2. The van der Waals surface area contributed by atoms with E-state index in [0.29, 0.717) is 6.54 Å². The Labute approximate surface area is 207 Å². The highest BCUT2D eigenvalue weighted by molar-refractivity contribution is 8.06. The fourth-order valence-corrected chi connectivity index (χ4v) is 7.32. The van der Waals surface area contributed by atoms with Crippen LogP contribution in [0.4, 0.5) is 0 Å². The van der Waals surface area contributed by atoms with Crippen LogP contribution in [-0.4, -0.2) is 16.0 Å². The van der Waals surface area contributed by atoms with E-state index in [9.17, 15) is 4.79 Å². The van der Waals surface area contributed by atoms with Crippen molar-refractivity contribution in [2.45, 2.75) is 60.0 Å². The molecule has 3 heterocycles. The molecule has 33 heavy (non-hydrogen) atoms. The van der Waals surface area contributed by atoms with E-state index in [1.807, 2.05) is 28.9 Å². The van der Waals surface area contributed by atoms with Crippen molar-refractivity contribution in [3.63, 3.8) is 0 Å². The number of allylic oxidation sites excluding steroid dienone is 2. The summed E-state index contributed by atoms with van der Waals surface area (Å²) < 4.78 is 7.42. The summed E-state index contributed by atoms with van der Waals surface area (Å²) in [4.78, 5) is 15.4. The van der Waals surface area contributed by atoms with Crippen molar-refractivity contribution in [1.82, 2.24) is 9.47 Å². The molecule has 4 rings (SSSR count). The molecule has 0 fully saturated rings. The number of benzene rings is 1. The molecule has 7 heteroatoms. The maximum absolute atomic E-state index is 13.2. The van der Waals surface area contributed by atoms with Crippen molar-refractivity contribution in [2.75, 3.05) is 6.54 Å². The lowest BCUT2D eigenvalue weighted by molar-refractivity contribution is -0.669. The van der Waals surface area contributed by atoms with Crippen molar-refractivity contribution in [2.24, 2.45) is 0 Å². The van der Waals surface area contributed by atoms with E-state index in [1.54, 1.807) is 23.1 Å². The third kappa shape index (κ3) is 5.05. The molecule has 0 aliphatic carbocycles. The van der Waals surface area contributed by atoms with Gasteiger partial charge in [-0.05, 0) is 50.8 Å². The van der Waals surface area contributed by atoms with Gasteiger partial charge in [-0.1, -0.05) is 48.6 Å². The van der Waals surface area contributed by atoms with Gasteiger partial charge >= 0.3 is 0 Å². The van der Waals surface area contributed by atoms with Gasteiger partial charge in [0.2, 0.25) is 5.52 Å². The topological polar surface area (TPSA) is 29.1 Å². The van der Waals surface area contributed by atoms with Crippen LogP contribution in [0.5, 0.6) is 0 Å². The average molecular weight is 499 g/mol. The number of rotatable bonds is 8. The third-order valence-corrected chi connectivity index (χ3v) is 9.10. The summed E-state index contributed by atoms with van der Waals surface area (Å²) in [5.74, 6) is 0. The minimum atomic E-state index is 0.0972. The first-order valence-electron chi connectivity index (χ1n) is 11.7. The summed E-state index contributed by atoms with van der Waals surface area (Å²) in [5, 5.41) is 4.55. The first-order valence-corrected chi connectivity index (χ1v) is 14.2. The van der Waals surface area contributed by atoms with Crippen LogP contribution in [0.3, 0.4) is 0 Å². The number of thioether (sulfide) groups is 1. The summed E-state index contributed by atoms with van der Waals surface area (Å²) in [5.41, 5.74) is 2.63. The molecule has 3 aromatic rings. The monoisotopic (exact) mass is 498 g/mol. The van der Waals surface area contributed by atoms with E-state index in [2.05, 4.69) is 72.1 Å². The Morgan fingerprint density at radius 1 is 1.03 bits per heavy atom. The number of aryl methyl sites for hydroxylation is 1. The first kappa shape index (κ1) is 24.0. The van der Waals surface area contributed by atoms with Gasteiger partial charge in [-0.3, -0.25) is 9.36 Å². The molecule has 0 bridgehead atoms. The molecule has 0 N–H and O–H groups in total. The highest BCUT2D eigenvalue weighted by Crippen LogP contribution is 2.33. The van der Waals surface area contributed by atoms with Gasteiger partial charge in [-0.2, -0.15) is 4.57 Å². The molecule has 0 amide bonds. The van der Waals surface area contributed by atoms with Crippen LogP contribution in [0, 0.1) is 0 Å². The third-order valence-electron chi connectivity index (χ3n) is 5.86. The fraction of sp³-hybridized carbons (Fsp3) is 0.385. The fourth-order valence-electron chi connectivity index (χ4n) is 4.10. The zero-order chi connectivity index (χ0) is 23.4. The Bertz CT molecular complexity index is 1370. The minimum Gasteiger partial charge on any atom is -0.340 e. The second-order valence-corrected chi connectivity index (χ2v) is 11.1. The Balaban J connectivity index is 1.79. The second-order valence-electron chi connectivity index (χ2n) is 8.06. The summed E-state index contributed by atoms with van der Waals surface area (Å²) in [6.07, 6.45) is 9.89. The zero-order valence-electron chi connectivity index (χ0n) is 19.8. The van der Waals surface area contributed by atoms with Crippen LogP contribution in [0.1, 0.15) is 52.0 Å². The number of para-hydroxylation sites is 1. The molecule has 0 unspecified atom stereocenters. The molecular weight excluding hydrogens is 467 g/mol. The standard InChI is InChI=1S/C26H32N3OS3/c1-5-8-11-16-29-20-12-9-10-13-21(20)32-25(29)17-24-28(7-3)26(30)22(33-24)14-15-23-27(6-2)19(4)18-31-23/h9-10,12-15,17-18H,5-8,11,16H2,1-4H3/q+1. The van der Waals surface area contributed by atoms with Crippen LogP contribution < -0.4 is 19.3 Å². The first-order chi connectivity index (χ1) is 16.1. The summed E-state index contributed by atoms with van der Waals surface area (Å²) in [7, 11) is 0. The van der Waals surface area contributed by atoms with Crippen LogP contribution >= 0.6 is 34.4 Å². The van der Waals surface area contributed by atoms with E-state index in [-0.39, 0.29) is 5.56 Å². The SMILES string of the molecule is CCCCC[n+]1c(C=c2sc(=CC=C3SC=C(C)N3CC)c(=O)n2CC)sc2ccccc21. The number of hydrogen-bond donors (Lipinski definition) is 0. The smallest absolute Gasteiger partial charge is 0.269 e. The largest absolute Gasteiger partial charge is 0.340 e. The quantitative estimate of drug-likeness (QED) is 0.323. The van der Waals surface area contributed by atoms with Crippen molar-refractivity contribution >= 4 is 56.8 Å². The molecule has 1 aromatic carbocycles. The number of thiazole rings is 2.